The van der Waals surface area contributed by atoms with E-state index in [9.17, 15) is 0 Å². The lowest BCUT2D eigenvalue weighted by Crippen LogP contribution is -2.42. The highest BCUT2D eigenvalue weighted by Gasteiger charge is 2.24. The molecule has 0 amide bonds. The Labute approximate surface area is 122 Å². The zero-order valence-corrected chi connectivity index (χ0v) is 13.2. The van der Waals surface area contributed by atoms with Crippen LogP contribution >= 0.6 is 11.6 Å². The first-order chi connectivity index (χ1) is 8.85. The van der Waals surface area contributed by atoms with Crippen molar-refractivity contribution in [3.63, 3.8) is 0 Å². The molecule has 0 saturated carbocycles. The second-order valence-electron chi connectivity index (χ2n) is 6.80. The smallest absolute Gasteiger partial charge is 0.0408 e. The van der Waals surface area contributed by atoms with Gasteiger partial charge < -0.3 is 10.2 Å². The van der Waals surface area contributed by atoms with E-state index in [1.54, 1.807) is 0 Å². The van der Waals surface area contributed by atoms with E-state index in [1.807, 2.05) is 6.07 Å². The number of fused-ring (bicyclic) bond motifs is 1. The van der Waals surface area contributed by atoms with Gasteiger partial charge in [-0.3, -0.25) is 0 Å². The fourth-order valence-electron chi connectivity index (χ4n) is 3.06. The van der Waals surface area contributed by atoms with Gasteiger partial charge in [0.25, 0.3) is 0 Å². The molecule has 3 heteroatoms. The second-order valence-corrected chi connectivity index (χ2v) is 7.24. The average molecular weight is 281 g/mol. The summed E-state index contributed by atoms with van der Waals surface area (Å²) >= 11 is 6.05. The molecule has 0 heterocycles. The van der Waals surface area contributed by atoms with Crippen molar-refractivity contribution in [3.05, 3.63) is 34.3 Å². The zero-order chi connectivity index (χ0) is 14.0. The molecule has 0 saturated heterocycles. The van der Waals surface area contributed by atoms with Crippen LogP contribution < -0.4 is 5.32 Å². The van der Waals surface area contributed by atoms with Crippen LogP contribution in [0.25, 0.3) is 0 Å². The van der Waals surface area contributed by atoms with E-state index >= 15 is 0 Å². The lowest BCUT2D eigenvalue weighted by atomic mass is 9.92. The van der Waals surface area contributed by atoms with E-state index in [1.165, 1.54) is 11.1 Å². The zero-order valence-electron chi connectivity index (χ0n) is 12.5. The van der Waals surface area contributed by atoms with Crippen molar-refractivity contribution >= 4 is 11.6 Å². The van der Waals surface area contributed by atoms with Crippen molar-refractivity contribution in [3.8, 4) is 0 Å². The summed E-state index contributed by atoms with van der Waals surface area (Å²) in [4.78, 5) is 2.25. The normalized spacial score (nSPS) is 18.9. The molecule has 1 atom stereocenters. The van der Waals surface area contributed by atoms with Gasteiger partial charge in [-0.2, -0.15) is 0 Å². The molecule has 1 aromatic rings. The highest BCUT2D eigenvalue weighted by molar-refractivity contribution is 6.30. The predicted molar refractivity (Wildman–Crippen MR) is 83.0 cm³/mol. The summed E-state index contributed by atoms with van der Waals surface area (Å²) in [5.74, 6) is 0. The van der Waals surface area contributed by atoms with E-state index in [0.717, 1.165) is 31.0 Å². The first-order valence-electron chi connectivity index (χ1n) is 7.01. The topological polar surface area (TPSA) is 15.3 Å². The van der Waals surface area contributed by atoms with Gasteiger partial charge in [0.05, 0.1) is 0 Å². The van der Waals surface area contributed by atoms with E-state index in [-0.39, 0.29) is 0 Å². The molecule has 1 unspecified atom stereocenters. The predicted octanol–water partition coefficient (Wildman–Crippen LogP) is 2.98. The van der Waals surface area contributed by atoms with Gasteiger partial charge in [0.15, 0.2) is 0 Å². The van der Waals surface area contributed by atoms with E-state index < -0.39 is 0 Å². The molecule has 19 heavy (non-hydrogen) atoms. The molecule has 0 fully saturated rings. The molecular weight excluding hydrogens is 256 g/mol. The number of halogens is 1. The monoisotopic (exact) mass is 280 g/mol. The van der Waals surface area contributed by atoms with Gasteiger partial charge in [-0.1, -0.05) is 31.5 Å². The molecule has 1 aromatic carbocycles. The van der Waals surface area contributed by atoms with Crippen LogP contribution in [0.2, 0.25) is 5.02 Å². The number of benzene rings is 1. The quantitative estimate of drug-likeness (QED) is 0.892. The number of hydrogen-bond donors (Lipinski definition) is 1. The summed E-state index contributed by atoms with van der Waals surface area (Å²) in [5, 5.41) is 4.58. The van der Waals surface area contributed by atoms with Crippen LogP contribution in [0.3, 0.4) is 0 Å². The highest BCUT2D eigenvalue weighted by Crippen LogP contribution is 2.26. The lowest BCUT2D eigenvalue weighted by Gasteiger charge is -2.30. The van der Waals surface area contributed by atoms with Crippen LogP contribution in [0, 0.1) is 5.41 Å². The van der Waals surface area contributed by atoms with Crippen LogP contribution in [0.1, 0.15) is 25.0 Å². The van der Waals surface area contributed by atoms with Gasteiger partial charge >= 0.3 is 0 Å². The maximum atomic E-state index is 6.05. The fourth-order valence-corrected chi connectivity index (χ4v) is 3.26. The Bertz CT molecular complexity index is 440. The molecule has 1 N–H and O–H groups in total. The second kappa shape index (κ2) is 5.82. The van der Waals surface area contributed by atoms with Crippen LogP contribution in [0.4, 0.5) is 0 Å². The van der Waals surface area contributed by atoms with Crippen molar-refractivity contribution in [1.82, 2.24) is 10.2 Å². The third-order valence-corrected chi connectivity index (χ3v) is 3.95. The van der Waals surface area contributed by atoms with Crippen molar-refractivity contribution in [1.29, 1.82) is 0 Å². The molecule has 1 aliphatic carbocycles. The molecule has 0 bridgehead atoms. The minimum atomic E-state index is 0.302. The Hall–Kier alpha value is -0.570. The average Bonchev–Trinajstić information content (AvgIpc) is 2.66. The molecule has 0 spiro atoms. The highest BCUT2D eigenvalue weighted by atomic mass is 35.5. The van der Waals surface area contributed by atoms with E-state index in [4.69, 9.17) is 11.6 Å². The molecule has 0 radical (unpaired) electrons. The summed E-state index contributed by atoms with van der Waals surface area (Å²) in [7, 11) is 4.27. The van der Waals surface area contributed by atoms with Gasteiger partial charge in [-0.15, -0.1) is 0 Å². The molecular formula is C16H25ClN2. The minimum absolute atomic E-state index is 0.302. The van der Waals surface area contributed by atoms with E-state index in [2.05, 4.69) is 50.3 Å². The minimum Gasteiger partial charge on any atom is -0.313 e. The molecule has 1 aliphatic rings. The first-order valence-corrected chi connectivity index (χ1v) is 7.39. The van der Waals surface area contributed by atoms with E-state index in [0.29, 0.717) is 11.5 Å². The molecule has 106 valence electrons. The number of nitrogens with one attached hydrogen (secondary N) is 1. The van der Waals surface area contributed by atoms with Crippen molar-refractivity contribution in [2.45, 2.75) is 32.7 Å². The molecule has 0 aromatic heterocycles. The van der Waals surface area contributed by atoms with Crippen molar-refractivity contribution in [2.24, 2.45) is 5.41 Å². The van der Waals surface area contributed by atoms with Crippen LogP contribution in [-0.4, -0.2) is 38.1 Å². The first kappa shape index (κ1) is 14.8. The van der Waals surface area contributed by atoms with Gasteiger partial charge in [0.1, 0.15) is 0 Å². The van der Waals surface area contributed by atoms with Crippen molar-refractivity contribution < 1.29 is 0 Å². The third kappa shape index (κ3) is 4.20. The molecule has 2 nitrogen and oxygen atoms in total. The number of hydrogen-bond acceptors (Lipinski definition) is 2. The summed E-state index contributed by atoms with van der Waals surface area (Å²) in [6.45, 7) is 6.79. The molecule has 0 aliphatic heterocycles. The Morgan fingerprint density at radius 2 is 1.95 bits per heavy atom. The Morgan fingerprint density at radius 1 is 1.26 bits per heavy atom. The Balaban J connectivity index is 1.87. The summed E-state index contributed by atoms with van der Waals surface area (Å²) in [6.07, 6.45) is 2.23. The number of nitrogens with zero attached hydrogens (tertiary/aromatic N) is 1. The summed E-state index contributed by atoms with van der Waals surface area (Å²) in [6, 6.07) is 6.85. The number of rotatable bonds is 5. The standard InChI is InChI=1S/C16H25ClN2/c1-16(2,11-19(3)4)10-18-15-8-12-5-6-14(17)7-13(12)9-15/h5-7,15,18H,8-11H2,1-4H3. The third-order valence-electron chi connectivity index (χ3n) is 3.71. The van der Waals surface area contributed by atoms with Gasteiger partial charge in [-0.25, -0.2) is 0 Å². The molecule has 2 rings (SSSR count). The SMILES string of the molecule is CN(C)CC(C)(C)CNC1Cc2ccc(Cl)cc2C1. The maximum absolute atomic E-state index is 6.05. The van der Waals surface area contributed by atoms with Gasteiger partial charge in [0, 0.05) is 24.2 Å². The van der Waals surface area contributed by atoms with Crippen molar-refractivity contribution in [2.75, 3.05) is 27.2 Å². The Morgan fingerprint density at radius 3 is 2.63 bits per heavy atom. The van der Waals surface area contributed by atoms with Crippen LogP contribution in [-0.2, 0) is 12.8 Å². The maximum Gasteiger partial charge on any atom is 0.0408 e. The van der Waals surface area contributed by atoms with Gasteiger partial charge in [0.2, 0.25) is 0 Å². The lowest BCUT2D eigenvalue weighted by molar-refractivity contribution is 0.225. The van der Waals surface area contributed by atoms with Gasteiger partial charge in [-0.05, 0) is 55.6 Å². The Kier molecular flexibility index (Phi) is 4.54. The van der Waals surface area contributed by atoms with Crippen LogP contribution in [0.5, 0.6) is 0 Å². The fraction of sp³-hybridized carbons (Fsp3) is 0.625. The largest absolute Gasteiger partial charge is 0.313 e. The van der Waals surface area contributed by atoms with Crippen LogP contribution in [0.15, 0.2) is 18.2 Å². The summed E-state index contributed by atoms with van der Waals surface area (Å²) < 4.78 is 0. The summed E-state index contributed by atoms with van der Waals surface area (Å²) in [5.41, 5.74) is 3.17.